The predicted molar refractivity (Wildman–Crippen MR) is 79.9 cm³/mol. The highest BCUT2D eigenvalue weighted by molar-refractivity contribution is 9.10. The van der Waals surface area contributed by atoms with Crippen LogP contribution in [0.1, 0.15) is 23.0 Å². The van der Waals surface area contributed by atoms with E-state index >= 15 is 0 Å². The molecule has 0 spiro atoms. The zero-order valence-corrected chi connectivity index (χ0v) is 12.7. The molecule has 20 heavy (non-hydrogen) atoms. The number of aromatic hydroxyl groups is 1. The third kappa shape index (κ3) is 3.14. The van der Waals surface area contributed by atoms with E-state index in [1.807, 2.05) is 0 Å². The number of hydrogen-bond acceptors (Lipinski definition) is 6. The standard InChI is InChI=1S/C12H10BrN3O3S/c1-6(16-19)9-5-20-12(14-9)15-11(18)8-3-2-7(13)4-10(8)17/h2-5,17,19H,1H3,(H,14,15,18). The van der Waals surface area contributed by atoms with Gasteiger partial charge in [0.05, 0.1) is 5.56 Å². The van der Waals surface area contributed by atoms with Crippen molar-refractivity contribution in [1.82, 2.24) is 4.98 Å². The van der Waals surface area contributed by atoms with Gasteiger partial charge in [-0.2, -0.15) is 0 Å². The smallest absolute Gasteiger partial charge is 0.261 e. The van der Waals surface area contributed by atoms with Crippen LogP contribution >= 0.6 is 27.3 Å². The number of carbonyl (C=O) groups is 1. The summed E-state index contributed by atoms with van der Waals surface area (Å²) in [5.74, 6) is -0.587. The molecule has 1 amide bonds. The van der Waals surface area contributed by atoms with E-state index in [4.69, 9.17) is 5.21 Å². The molecule has 6 nitrogen and oxygen atoms in total. The molecule has 2 rings (SSSR count). The minimum absolute atomic E-state index is 0.123. The van der Waals surface area contributed by atoms with Crippen molar-refractivity contribution < 1.29 is 15.1 Å². The van der Waals surface area contributed by atoms with E-state index in [0.29, 0.717) is 21.0 Å². The molecule has 3 N–H and O–H groups in total. The van der Waals surface area contributed by atoms with E-state index in [9.17, 15) is 9.90 Å². The van der Waals surface area contributed by atoms with Crippen LogP contribution in [-0.2, 0) is 0 Å². The van der Waals surface area contributed by atoms with E-state index in [2.05, 4.69) is 31.4 Å². The average molecular weight is 356 g/mol. The molecule has 0 fully saturated rings. The molecule has 0 aliphatic heterocycles. The van der Waals surface area contributed by atoms with E-state index in [-0.39, 0.29) is 11.3 Å². The van der Waals surface area contributed by atoms with E-state index in [0.717, 1.165) is 0 Å². The number of benzene rings is 1. The Hall–Kier alpha value is -1.93. The first-order chi connectivity index (χ1) is 9.51. The third-order valence-corrected chi connectivity index (χ3v) is 3.70. The summed E-state index contributed by atoms with van der Waals surface area (Å²) in [4.78, 5) is 16.1. The molecule has 0 bridgehead atoms. The first kappa shape index (κ1) is 14.5. The fourth-order valence-electron chi connectivity index (χ4n) is 1.41. The lowest BCUT2D eigenvalue weighted by atomic mass is 10.2. The number of carbonyl (C=O) groups excluding carboxylic acids is 1. The second-order valence-corrected chi connectivity index (χ2v) is 5.61. The van der Waals surface area contributed by atoms with Crippen LogP contribution < -0.4 is 5.32 Å². The number of nitrogens with zero attached hydrogens (tertiary/aromatic N) is 2. The van der Waals surface area contributed by atoms with Gasteiger partial charge in [0, 0.05) is 9.85 Å². The Balaban J connectivity index is 2.17. The summed E-state index contributed by atoms with van der Waals surface area (Å²) in [6, 6.07) is 4.60. The van der Waals surface area contributed by atoms with Gasteiger partial charge in [0.25, 0.3) is 5.91 Å². The van der Waals surface area contributed by atoms with Crippen LogP contribution in [0.4, 0.5) is 5.13 Å². The van der Waals surface area contributed by atoms with Crippen LogP contribution in [0.3, 0.4) is 0 Å². The van der Waals surface area contributed by atoms with E-state index in [1.165, 1.54) is 23.5 Å². The summed E-state index contributed by atoms with van der Waals surface area (Å²) in [5, 5.41) is 26.0. The lowest BCUT2D eigenvalue weighted by Crippen LogP contribution is -2.12. The lowest BCUT2D eigenvalue weighted by molar-refractivity contribution is 0.102. The van der Waals surface area contributed by atoms with Crippen LogP contribution in [0, 0.1) is 0 Å². The zero-order chi connectivity index (χ0) is 14.7. The number of amides is 1. The maximum atomic E-state index is 12.0. The second kappa shape index (κ2) is 6.02. The van der Waals surface area contributed by atoms with E-state index in [1.54, 1.807) is 18.4 Å². The number of anilines is 1. The molecule has 1 aromatic carbocycles. The molecule has 8 heteroatoms. The summed E-state index contributed by atoms with van der Waals surface area (Å²) in [5.41, 5.74) is 0.985. The van der Waals surface area contributed by atoms with Gasteiger partial charge in [-0.3, -0.25) is 10.1 Å². The molecule has 1 aromatic heterocycles. The van der Waals surface area contributed by atoms with Crippen LogP contribution in [0.2, 0.25) is 0 Å². The number of phenolic OH excluding ortho intramolecular Hbond substituents is 1. The molecule has 0 saturated carbocycles. The number of halogens is 1. The van der Waals surface area contributed by atoms with Gasteiger partial charge in [0.2, 0.25) is 0 Å². The molecule has 0 radical (unpaired) electrons. The van der Waals surface area contributed by atoms with Crippen molar-refractivity contribution in [3.8, 4) is 5.75 Å². The lowest BCUT2D eigenvalue weighted by Gasteiger charge is -2.04. The Morgan fingerprint density at radius 3 is 2.90 bits per heavy atom. The molecule has 104 valence electrons. The Labute approximate surface area is 126 Å². The fourth-order valence-corrected chi connectivity index (χ4v) is 2.51. The van der Waals surface area contributed by atoms with Crippen LogP contribution in [0.25, 0.3) is 0 Å². The maximum absolute atomic E-state index is 12.0. The number of oxime groups is 1. The second-order valence-electron chi connectivity index (χ2n) is 3.84. The first-order valence-corrected chi connectivity index (χ1v) is 7.13. The number of phenols is 1. The normalized spacial score (nSPS) is 11.4. The summed E-state index contributed by atoms with van der Waals surface area (Å²) < 4.78 is 0.679. The number of rotatable bonds is 3. The van der Waals surface area contributed by atoms with Crippen molar-refractivity contribution in [3.63, 3.8) is 0 Å². The highest BCUT2D eigenvalue weighted by Crippen LogP contribution is 2.24. The minimum Gasteiger partial charge on any atom is -0.507 e. The van der Waals surface area contributed by atoms with Crippen molar-refractivity contribution in [3.05, 3.63) is 39.3 Å². The number of aromatic nitrogens is 1. The Kier molecular flexibility index (Phi) is 4.35. The fraction of sp³-hybridized carbons (Fsp3) is 0.0833. The molecule has 1 heterocycles. The number of thiazole rings is 1. The maximum Gasteiger partial charge on any atom is 0.261 e. The highest BCUT2D eigenvalue weighted by Gasteiger charge is 2.14. The number of nitrogens with one attached hydrogen (secondary N) is 1. The molecule has 0 aliphatic carbocycles. The summed E-state index contributed by atoms with van der Waals surface area (Å²) in [6.07, 6.45) is 0. The largest absolute Gasteiger partial charge is 0.507 e. The average Bonchev–Trinajstić information content (AvgIpc) is 2.86. The van der Waals surface area contributed by atoms with Gasteiger partial charge >= 0.3 is 0 Å². The SMILES string of the molecule is CC(=NO)c1csc(NC(=O)c2ccc(Br)cc2O)n1. The molecule has 0 aliphatic rings. The van der Waals surface area contributed by atoms with Gasteiger partial charge in [-0.1, -0.05) is 21.1 Å². The van der Waals surface area contributed by atoms with Gasteiger partial charge < -0.3 is 10.3 Å². The Morgan fingerprint density at radius 1 is 1.50 bits per heavy atom. The Bertz CT molecular complexity index is 684. The topological polar surface area (TPSA) is 94.8 Å². The molecule has 2 aromatic rings. The van der Waals surface area contributed by atoms with Gasteiger partial charge in [0.1, 0.15) is 17.2 Å². The van der Waals surface area contributed by atoms with Crippen LogP contribution in [0.15, 0.2) is 33.2 Å². The van der Waals surface area contributed by atoms with Crippen molar-refractivity contribution in [2.45, 2.75) is 6.92 Å². The van der Waals surface area contributed by atoms with E-state index < -0.39 is 5.91 Å². The minimum atomic E-state index is -0.463. The predicted octanol–water partition coefficient (Wildman–Crippen LogP) is 3.06. The van der Waals surface area contributed by atoms with Gasteiger partial charge in [-0.25, -0.2) is 4.98 Å². The Morgan fingerprint density at radius 2 is 2.25 bits per heavy atom. The number of hydrogen-bond donors (Lipinski definition) is 3. The van der Waals surface area contributed by atoms with Crippen molar-refractivity contribution in [2.75, 3.05) is 5.32 Å². The molecular weight excluding hydrogens is 346 g/mol. The molecule has 0 atom stereocenters. The van der Waals surface area contributed by atoms with Gasteiger partial charge in [0.15, 0.2) is 5.13 Å². The summed E-state index contributed by atoms with van der Waals surface area (Å²) in [7, 11) is 0. The van der Waals surface area contributed by atoms with Crippen LogP contribution in [0.5, 0.6) is 5.75 Å². The molecular formula is C12H10BrN3O3S. The van der Waals surface area contributed by atoms with Crippen molar-refractivity contribution >= 4 is 44.0 Å². The quantitative estimate of drug-likeness (QED) is 0.448. The summed E-state index contributed by atoms with van der Waals surface area (Å²) in [6.45, 7) is 1.60. The summed E-state index contributed by atoms with van der Waals surface area (Å²) >= 11 is 4.40. The van der Waals surface area contributed by atoms with Crippen LogP contribution in [-0.4, -0.2) is 26.9 Å². The molecule has 0 unspecified atom stereocenters. The molecule has 0 saturated heterocycles. The van der Waals surface area contributed by atoms with Crippen molar-refractivity contribution in [1.29, 1.82) is 0 Å². The van der Waals surface area contributed by atoms with Crippen molar-refractivity contribution in [2.24, 2.45) is 5.16 Å². The van der Waals surface area contributed by atoms with Gasteiger partial charge in [-0.05, 0) is 25.1 Å². The van der Waals surface area contributed by atoms with Gasteiger partial charge in [-0.15, -0.1) is 11.3 Å². The zero-order valence-electron chi connectivity index (χ0n) is 10.3. The monoisotopic (exact) mass is 355 g/mol. The third-order valence-electron chi connectivity index (χ3n) is 2.45. The first-order valence-electron chi connectivity index (χ1n) is 5.45. The highest BCUT2D eigenvalue weighted by atomic mass is 79.9.